The number of benzene rings is 1. The molecule has 1 fully saturated rings. The first kappa shape index (κ1) is 21.7. The second-order valence-electron chi connectivity index (χ2n) is 8.15. The molecule has 0 aliphatic heterocycles. The van der Waals surface area contributed by atoms with Crippen molar-refractivity contribution in [2.75, 3.05) is 13.6 Å². The summed E-state index contributed by atoms with van der Waals surface area (Å²) in [7, 11) is 1.79. The molecule has 6 heteroatoms. The highest BCUT2D eigenvalue weighted by Gasteiger charge is 2.38. The van der Waals surface area contributed by atoms with Gasteiger partial charge >= 0.3 is 0 Å². The average molecular weight is 482 g/mol. The summed E-state index contributed by atoms with van der Waals surface area (Å²) in [4.78, 5) is 8.70. The number of halogens is 1. The van der Waals surface area contributed by atoms with Gasteiger partial charge in [0.05, 0.1) is 12.7 Å². The van der Waals surface area contributed by atoms with Crippen LogP contribution >= 0.6 is 24.0 Å². The van der Waals surface area contributed by atoms with E-state index < -0.39 is 0 Å². The molecule has 27 heavy (non-hydrogen) atoms. The Balaban J connectivity index is 0.00000261. The Morgan fingerprint density at radius 1 is 1.19 bits per heavy atom. The molecular weight excluding hydrogens is 451 g/mol. The lowest BCUT2D eigenvalue weighted by atomic mass is 9.64. The Morgan fingerprint density at radius 2 is 1.89 bits per heavy atom. The summed E-state index contributed by atoms with van der Waals surface area (Å²) in [5.41, 5.74) is 1.61. The monoisotopic (exact) mass is 482 g/mol. The number of oxazole rings is 1. The largest absolute Gasteiger partial charge is 0.443 e. The number of aromatic nitrogens is 1. The van der Waals surface area contributed by atoms with Crippen LogP contribution in [0.5, 0.6) is 0 Å². The SMILES string of the molecule is CN=C(NCc1ncc(C(C)(C)C)o1)NCC1(c2ccccc2)CCC1.I. The smallest absolute Gasteiger partial charge is 0.213 e. The van der Waals surface area contributed by atoms with Crippen molar-refractivity contribution in [1.82, 2.24) is 15.6 Å². The minimum atomic E-state index is -0.0303. The highest BCUT2D eigenvalue weighted by molar-refractivity contribution is 14.0. The van der Waals surface area contributed by atoms with Crippen LogP contribution in [0.4, 0.5) is 0 Å². The third-order valence-electron chi connectivity index (χ3n) is 5.21. The molecule has 1 heterocycles. The number of hydrogen-bond acceptors (Lipinski definition) is 3. The molecule has 5 nitrogen and oxygen atoms in total. The van der Waals surface area contributed by atoms with Gasteiger partial charge in [0.2, 0.25) is 5.89 Å². The zero-order chi connectivity index (χ0) is 18.6. The number of guanidine groups is 1. The normalized spacial score (nSPS) is 16.2. The minimum absolute atomic E-state index is 0. The first-order valence-electron chi connectivity index (χ1n) is 9.38. The van der Waals surface area contributed by atoms with E-state index in [0.717, 1.165) is 18.3 Å². The Morgan fingerprint density at radius 3 is 2.41 bits per heavy atom. The van der Waals surface area contributed by atoms with Crippen LogP contribution in [0.2, 0.25) is 0 Å². The van der Waals surface area contributed by atoms with E-state index in [9.17, 15) is 0 Å². The van der Waals surface area contributed by atoms with E-state index in [1.807, 2.05) is 6.20 Å². The van der Waals surface area contributed by atoms with Gasteiger partial charge in [-0.15, -0.1) is 24.0 Å². The molecule has 0 unspecified atom stereocenters. The van der Waals surface area contributed by atoms with E-state index in [0.29, 0.717) is 12.4 Å². The lowest BCUT2D eigenvalue weighted by Gasteiger charge is -2.43. The third-order valence-corrected chi connectivity index (χ3v) is 5.21. The van der Waals surface area contributed by atoms with Gasteiger partial charge in [0, 0.05) is 24.4 Å². The van der Waals surface area contributed by atoms with Gasteiger partial charge in [-0.3, -0.25) is 4.99 Å². The van der Waals surface area contributed by atoms with Crippen LogP contribution in [0, 0.1) is 0 Å². The van der Waals surface area contributed by atoms with Gasteiger partial charge in [-0.1, -0.05) is 57.5 Å². The van der Waals surface area contributed by atoms with Crippen molar-refractivity contribution in [1.29, 1.82) is 0 Å². The highest BCUT2D eigenvalue weighted by Crippen LogP contribution is 2.43. The molecule has 148 valence electrons. The second-order valence-corrected chi connectivity index (χ2v) is 8.15. The lowest BCUT2D eigenvalue weighted by molar-refractivity contribution is 0.243. The molecule has 2 N–H and O–H groups in total. The van der Waals surface area contributed by atoms with E-state index >= 15 is 0 Å². The van der Waals surface area contributed by atoms with Crippen LogP contribution in [-0.2, 0) is 17.4 Å². The Bertz CT molecular complexity index is 745. The molecular formula is C21H31IN4O. The maximum atomic E-state index is 5.83. The van der Waals surface area contributed by atoms with Crippen LogP contribution in [-0.4, -0.2) is 24.5 Å². The Labute approximate surface area is 179 Å². The molecule has 0 saturated heterocycles. The molecule has 0 radical (unpaired) electrons. The lowest BCUT2D eigenvalue weighted by Crippen LogP contribution is -2.48. The van der Waals surface area contributed by atoms with Crippen LogP contribution in [0.1, 0.15) is 57.2 Å². The quantitative estimate of drug-likeness (QED) is 0.378. The van der Waals surface area contributed by atoms with Crippen LogP contribution in [0.25, 0.3) is 0 Å². The molecule has 1 aromatic carbocycles. The topological polar surface area (TPSA) is 62.5 Å². The fourth-order valence-electron chi connectivity index (χ4n) is 3.33. The average Bonchev–Trinajstić information content (AvgIpc) is 3.07. The van der Waals surface area contributed by atoms with Crippen molar-refractivity contribution in [3.05, 3.63) is 53.7 Å². The zero-order valence-electron chi connectivity index (χ0n) is 16.7. The Kier molecular flexibility index (Phi) is 7.31. The molecule has 1 aliphatic carbocycles. The third kappa shape index (κ3) is 5.24. The standard InChI is InChI=1S/C21H30N4O.HI/c1-20(2,3)17-13-23-18(26-17)14-24-19(22-4)25-15-21(11-8-12-21)16-9-6-5-7-10-16;/h5-7,9-10,13H,8,11-12,14-15H2,1-4H3,(H2,22,24,25);1H. The molecule has 0 amide bonds. The molecule has 1 aliphatic rings. The van der Waals surface area contributed by atoms with E-state index in [4.69, 9.17) is 4.42 Å². The van der Waals surface area contributed by atoms with Gasteiger partial charge in [0.1, 0.15) is 5.76 Å². The molecule has 2 aromatic rings. The van der Waals surface area contributed by atoms with Gasteiger partial charge in [0.15, 0.2) is 5.96 Å². The zero-order valence-corrected chi connectivity index (χ0v) is 19.0. The summed E-state index contributed by atoms with van der Waals surface area (Å²) in [5, 5.41) is 6.79. The predicted octanol–water partition coefficient (Wildman–Crippen LogP) is 4.38. The summed E-state index contributed by atoms with van der Waals surface area (Å²) >= 11 is 0. The molecule has 1 aromatic heterocycles. The van der Waals surface area contributed by atoms with Crippen molar-refractivity contribution < 1.29 is 4.42 Å². The van der Waals surface area contributed by atoms with Gasteiger partial charge in [-0.25, -0.2) is 4.98 Å². The van der Waals surface area contributed by atoms with Crippen LogP contribution < -0.4 is 10.6 Å². The fourth-order valence-corrected chi connectivity index (χ4v) is 3.33. The number of hydrogen-bond donors (Lipinski definition) is 2. The van der Waals surface area contributed by atoms with Gasteiger partial charge in [-0.05, 0) is 18.4 Å². The number of nitrogens with one attached hydrogen (secondary N) is 2. The summed E-state index contributed by atoms with van der Waals surface area (Å²) in [5.74, 6) is 2.36. The molecule has 1 saturated carbocycles. The maximum absolute atomic E-state index is 5.83. The summed E-state index contributed by atoms with van der Waals surface area (Å²) in [6.45, 7) is 7.76. The van der Waals surface area contributed by atoms with Crippen LogP contribution in [0.3, 0.4) is 0 Å². The van der Waals surface area contributed by atoms with Gasteiger partial charge in [0.25, 0.3) is 0 Å². The highest BCUT2D eigenvalue weighted by atomic mass is 127. The van der Waals surface area contributed by atoms with Crippen molar-refractivity contribution in [3.63, 3.8) is 0 Å². The van der Waals surface area contributed by atoms with Gasteiger partial charge < -0.3 is 15.1 Å². The predicted molar refractivity (Wildman–Crippen MR) is 121 cm³/mol. The minimum Gasteiger partial charge on any atom is -0.443 e. The molecule has 0 atom stereocenters. The van der Waals surface area contributed by atoms with E-state index in [1.165, 1.54) is 24.8 Å². The summed E-state index contributed by atoms with van der Waals surface area (Å²) in [6.07, 6.45) is 5.53. The summed E-state index contributed by atoms with van der Waals surface area (Å²) in [6, 6.07) is 10.8. The number of aliphatic imine (C=N–C) groups is 1. The van der Waals surface area contributed by atoms with Crippen molar-refractivity contribution in [3.8, 4) is 0 Å². The maximum Gasteiger partial charge on any atom is 0.213 e. The van der Waals surface area contributed by atoms with Crippen molar-refractivity contribution >= 4 is 29.9 Å². The Hall–Kier alpha value is -1.57. The molecule has 3 rings (SSSR count). The fraction of sp³-hybridized carbons (Fsp3) is 0.524. The van der Waals surface area contributed by atoms with E-state index in [1.54, 1.807) is 7.05 Å². The summed E-state index contributed by atoms with van der Waals surface area (Å²) < 4.78 is 5.83. The van der Waals surface area contributed by atoms with E-state index in [-0.39, 0.29) is 34.8 Å². The first-order valence-corrected chi connectivity index (χ1v) is 9.38. The number of rotatable bonds is 5. The first-order chi connectivity index (χ1) is 12.4. The molecule has 0 spiro atoms. The number of nitrogens with zero attached hydrogens (tertiary/aromatic N) is 2. The van der Waals surface area contributed by atoms with Crippen molar-refractivity contribution in [2.24, 2.45) is 4.99 Å². The second kappa shape index (κ2) is 9.08. The van der Waals surface area contributed by atoms with Gasteiger partial charge in [-0.2, -0.15) is 0 Å². The van der Waals surface area contributed by atoms with Crippen LogP contribution in [0.15, 0.2) is 45.9 Å². The molecule has 0 bridgehead atoms. The van der Waals surface area contributed by atoms with E-state index in [2.05, 4.69) is 71.7 Å². The van der Waals surface area contributed by atoms with Crippen molar-refractivity contribution in [2.45, 2.75) is 57.4 Å².